The molecule has 120 valence electrons. The second-order valence-corrected chi connectivity index (χ2v) is 6.62. The quantitative estimate of drug-likeness (QED) is 0.922. The Hall–Kier alpha value is -1.58. The van der Waals surface area contributed by atoms with Crippen molar-refractivity contribution in [1.82, 2.24) is 9.88 Å². The molecule has 2 fully saturated rings. The number of carbonyl (C=O) groups is 1. The fourth-order valence-electron chi connectivity index (χ4n) is 3.52. The van der Waals surface area contributed by atoms with Crippen LogP contribution in [0.4, 0.5) is 5.82 Å². The molecule has 4 nitrogen and oxygen atoms in total. The molecule has 0 aromatic carbocycles. The number of carbonyl (C=O) groups excluding carboxylic acids is 1. The molecule has 22 heavy (non-hydrogen) atoms. The lowest BCUT2D eigenvalue weighted by molar-refractivity contribution is 0.0792. The molecule has 1 amide bonds. The zero-order valence-corrected chi connectivity index (χ0v) is 13.4. The topological polar surface area (TPSA) is 45.2 Å². The van der Waals surface area contributed by atoms with Crippen molar-refractivity contribution in [2.45, 2.75) is 63.8 Å². The Morgan fingerprint density at radius 1 is 1.00 bits per heavy atom. The van der Waals surface area contributed by atoms with Gasteiger partial charge in [-0.15, -0.1) is 0 Å². The Balaban J connectivity index is 1.57. The summed E-state index contributed by atoms with van der Waals surface area (Å²) in [5.74, 6) is 1.03. The van der Waals surface area contributed by atoms with Crippen LogP contribution in [-0.2, 0) is 0 Å². The molecule has 1 aliphatic carbocycles. The highest BCUT2D eigenvalue weighted by Crippen LogP contribution is 2.20. The minimum Gasteiger partial charge on any atom is -0.367 e. The molecular weight excluding hydrogens is 274 g/mol. The van der Waals surface area contributed by atoms with E-state index in [-0.39, 0.29) is 5.91 Å². The van der Waals surface area contributed by atoms with E-state index in [4.69, 9.17) is 0 Å². The van der Waals surface area contributed by atoms with E-state index < -0.39 is 0 Å². The van der Waals surface area contributed by atoms with Gasteiger partial charge in [-0.25, -0.2) is 4.98 Å². The number of nitrogens with zero attached hydrogens (tertiary/aromatic N) is 2. The molecule has 4 heteroatoms. The normalized spacial score (nSPS) is 20.5. The fraction of sp³-hybridized carbons (Fsp3) is 0.667. The van der Waals surface area contributed by atoms with E-state index in [1.54, 1.807) is 6.20 Å². The van der Waals surface area contributed by atoms with E-state index >= 15 is 0 Å². The van der Waals surface area contributed by atoms with E-state index in [0.717, 1.165) is 31.7 Å². The van der Waals surface area contributed by atoms with Crippen molar-refractivity contribution in [3.05, 3.63) is 23.9 Å². The Kier molecular flexibility index (Phi) is 5.30. The van der Waals surface area contributed by atoms with Gasteiger partial charge in [0.1, 0.15) is 5.82 Å². The van der Waals surface area contributed by atoms with E-state index in [9.17, 15) is 4.79 Å². The lowest BCUT2D eigenvalue weighted by atomic mass is 9.97. The van der Waals surface area contributed by atoms with Gasteiger partial charge in [-0.05, 0) is 37.8 Å². The smallest absolute Gasteiger partial charge is 0.255 e. The third-order valence-corrected chi connectivity index (χ3v) is 4.86. The SMILES string of the molecule is O=C(c1ccc(NC2CCCCCCC2)nc1)N1CCCC1. The van der Waals surface area contributed by atoms with Crippen LogP contribution in [0.5, 0.6) is 0 Å². The number of likely N-dealkylation sites (tertiary alicyclic amines) is 1. The average Bonchev–Trinajstić information content (AvgIpc) is 3.04. The molecule has 1 saturated carbocycles. The van der Waals surface area contributed by atoms with Gasteiger partial charge in [0.15, 0.2) is 0 Å². The number of anilines is 1. The van der Waals surface area contributed by atoms with Crippen LogP contribution in [-0.4, -0.2) is 34.9 Å². The maximum Gasteiger partial charge on any atom is 0.255 e. The van der Waals surface area contributed by atoms with Crippen molar-refractivity contribution >= 4 is 11.7 Å². The van der Waals surface area contributed by atoms with Gasteiger partial charge in [0.25, 0.3) is 5.91 Å². The van der Waals surface area contributed by atoms with Crippen molar-refractivity contribution in [2.75, 3.05) is 18.4 Å². The summed E-state index contributed by atoms with van der Waals surface area (Å²) in [7, 11) is 0. The monoisotopic (exact) mass is 301 g/mol. The number of rotatable bonds is 3. The van der Waals surface area contributed by atoms with Crippen LogP contribution in [0.25, 0.3) is 0 Å². The van der Waals surface area contributed by atoms with Gasteiger partial charge in [-0.3, -0.25) is 4.79 Å². The summed E-state index contributed by atoms with van der Waals surface area (Å²) in [5, 5.41) is 3.55. The Bertz CT molecular complexity index is 472. The van der Waals surface area contributed by atoms with Gasteiger partial charge in [-0.2, -0.15) is 0 Å². The molecule has 1 saturated heterocycles. The highest BCUT2D eigenvalue weighted by Gasteiger charge is 2.19. The van der Waals surface area contributed by atoms with Crippen LogP contribution in [0.3, 0.4) is 0 Å². The van der Waals surface area contributed by atoms with Crippen LogP contribution in [0.15, 0.2) is 18.3 Å². The predicted molar refractivity (Wildman–Crippen MR) is 89.1 cm³/mol. The third kappa shape index (κ3) is 3.99. The zero-order chi connectivity index (χ0) is 15.2. The van der Waals surface area contributed by atoms with Crippen molar-refractivity contribution in [3.8, 4) is 0 Å². The van der Waals surface area contributed by atoms with Crippen molar-refractivity contribution in [1.29, 1.82) is 0 Å². The minimum absolute atomic E-state index is 0.127. The van der Waals surface area contributed by atoms with Gasteiger partial charge in [0.2, 0.25) is 0 Å². The summed E-state index contributed by atoms with van der Waals surface area (Å²) in [6.07, 6.45) is 13.2. The molecule has 1 N–H and O–H groups in total. The Morgan fingerprint density at radius 3 is 2.32 bits per heavy atom. The molecule has 1 aromatic heterocycles. The number of pyridine rings is 1. The van der Waals surface area contributed by atoms with Gasteiger partial charge >= 0.3 is 0 Å². The maximum atomic E-state index is 12.3. The van der Waals surface area contributed by atoms with Crippen LogP contribution in [0.2, 0.25) is 0 Å². The van der Waals surface area contributed by atoms with Crippen molar-refractivity contribution < 1.29 is 4.79 Å². The number of aromatic nitrogens is 1. The van der Waals surface area contributed by atoms with Crippen LogP contribution in [0, 0.1) is 0 Å². The zero-order valence-electron chi connectivity index (χ0n) is 13.4. The molecule has 0 bridgehead atoms. The highest BCUT2D eigenvalue weighted by molar-refractivity contribution is 5.94. The van der Waals surface area contributed by atoms with Crippen LogP contribution in [0.1, 0.15) is 68.1 Å². The summed E-state index contributed by atoms with van der Waals surface area (Å²) in [6, 6.07) is 4.41. The maximum absolute atomic E-state index is 12.3. The summed E-state index contributed by atoms with van der Waals surface area (Å²) in [5.41, 5.74) is 0.713. The molecule has 0 spiro atoms. The summed E-state index contributed by atoms with van der Waals surface area (Å²) < 4.78 is 0. The van der Waals surface area contributed by atoms with Gasteiger partial charge in [0, 0.05) is 25.3 Å². The van der Waals surface area contributed by atoms with E-state index in [1.807, 2.05) is 17.0 Å². The second kappa shape index (κ2) is 7.61. The largest absolute Gasteiger partial charge is 0.367 e. The first-order chi connectivity index (χ1) is 10.8. The Labute approximate surface area is 133 Å². The molecule has 1 aromatic rings. The van der Waals surface area contributed by atoms with Gasteiger partial charge in [-0.1, -0.05) is 32.1 Å². The van der Waals surface area contributed by atoms with Crippen LogP contribution < -0.4 is 5.32 Å². The first kappa shape index (κ1) is 15.3. The lowest BCUT2D eigenvalue weighted by Crippen LogP contribution is -2.27. The third-order valence-electron chi connectivity index (χ3n) is 4.86. The highest BCUT2D eigenvalue weighted by atomic mass is 16.2. The molecular formula is C18H27N3O. The Morgan fingerprint density at radius 2 is 1.68 bits per heavy atom. The first-order valence-corrected chi connectivity index (χ1v) is 8.85. The van der Waals surface area contributed by atoms with E-state index in [1.165, 1.54) is 44.9 Å². The standard InChI is InChI=1S/C18H27N3O/c22-18(21-12-6-7-13-21)15-10-11-17(19-14-15)20-16-8-4-2-1-3-5-9-16/h10-11,14,16H,1-9,12-13H2,(H,19,20). The summed E-state index contributed by atoms with van der Waals surface area (Å²) in [6.45, 7) is 1.78. The first-order valence-electron chi connectivity index (χ1n) is 8.85. The van der Waals surface area contributed by atoms with Crippen molar-refractivity contribution in [3.63, 3.8) is 0 Å². The molecule has 2 aliphatic rings. The molecule has 0 radical (unpaired) electrons. The van der Waals surface area contributed by atoms with E-state index in [2.05, 4.69) is 10.3 Å². The second-order valence-electron chi connectivity index (χ2n) is 6.62. The van der Waals surface area contributed by atoms with Gasteiger partial charge < -0.3 is 10.2 Å². The molecule has 1 aliphatic heterocycles. The average molecular weight is 301 g/mol. The molecule has 2 heterocycles. The molecule has 0 unspecified atom stereocenters. The predicted octanol–water partition coefficient (Wildman–Crippen LogP) is 3.84. The summed E-state index contributed by atoms with van der Waals surface area (Å²) in [4.78, 5) is 18.7. The van der Waals surface area contributed by atoms with Crippen molar-refractivity contribution in [2.24, 2.45) is 0 Å². The minimum atomic E-state index is 0.127. The van der Waals surface area contributed by atoms with E-state index in [0.29, 0.717) is 11.6 Å². The molecule has 0 atom stereocenters. The number of hydrogen-bond acceptors (Lipinski definition) is 3. The summed E-state index contributed by atoms with van der Waals surface area (Å²) >= 11 is 0. The molecule has 3 rings (SSSR count). The number of hydrogen-bond donors (Lipinski definition) is 1. The van der Waals surface area contributed by atoms with Gasteiger partial charge in [0.05, 0.1) is 5.56 Å². The lowest BCUT2D eigenvalue weighted by Gasteiger charge is -2.21. The number of nitrogens with one attached hydrogen (secondary N) is 1. The van der Waals surface area contributed by atoms with Crippen LogP contribution >= 0.6 is 0 Å². The number of amides is 1. The fourth-order valence-corrected chi connectivity index (χ4v) is 3.52.